The normalized spacial score (nSPS) is 10.7. The van der Waals surface area contributed by atoms with Gasteiger partial charge in [0.15, 0.2) is 0 Å². The van der Waals surface area contributed by atoms with E-state index in [9.17, 15) is 4.79 Å². The van der Waals surface area contributed by atoms with Crippen LogP contribution in [0, 0.1) is 0 Å². The number of hydrogen-bond acceptors (Lipinski definition) is 5. The molecule has 0 aliphatic carbocycles. The predicted octanol–water partition coefficient (Wildman–Crippen LogP) is 4.23. The Labute approximate surface area is 146 Å². The summed E-state index contributed by atoms with van der Waals surface area (Å²) in [7, 11) is 0. The molecule has 0 fully saturated rings. The zero-order valence-corrected chi connectivity index (χ0v) is 14.5. The third kappa shape index (κ3) is 4.53. The van der Waals surface area contributed by atoms with Crippen LogP contribution >= 0.6 is 27.7 Å². The summed E-state index contributed by atoms with van der Waals surface area (Å²) >= 11 is 4.69. The zero-order chi connectivity index (χ0) is 16.1. The topological polar surface area (TPSA) is 52.1 Å². The van der Waals surface area contributed by atoms with Crippen LogP contribution in [0.1, 0.15) is 5.56 Å². The van der Waals surface area contributed by atoms with Gasteiger partial charge in [0.05, 0.1) is 23.0 Å². The Morgan fingerprint density at radius 2 is 1.83 bits per heavy atom. The molecule has 0 unspecified atom stereocenters. The number of para-hydroxylation sites is 2. The third-order valence-corrected chi connectivity index (χ3v) is 4.48. The minimum absolute atomic E-state index is 0.212. The molecular weight excluding hydrogens is 376 g/mol. The fraction of sp³-hybridized carbons (Fsp3) is 0.118. The van der Waals surface area contributed by atoms with E-state index < -0.39 is 0 Å². The largest absolute Gasteiger partial charge is 0.460 e. The van der Waals surface area contributed by atoms with Crippen molar-refractivity contribution >= 4 is 44.7 Å². The van der Waals surface area contributed by atoms with Crippen LogP contribution in [0.3, 0.4) is 0 Å². The van der Waals surface area contributed by atoms with E-state index >= 15 is 0 Å². The zero-order valence-electron chi connectivity index (χ0n) is 12.1. The van der Waals surface area contributed by atoms with Gasteiger partial charge in [0, 0.05) is 4.47 Å². The van der Waals surface area contributed by atoms with E-state index in [-0.39, 0.29) is 18.3 Å². The Hall–Kier alpha value is -1.92. The van der Waals surface area contributed by atoms with Crippen molar-refractivity contribution in [1.82, 2.24) is 9.97 Å². The lowest BCUT2D eigenvalue weighted by Gasteiger charge is -2.05. The van der Waals surface area contributed by atoms with Gasteiger partial charge in [-0.1, -0.05) is 52.0 Å². The molecule has 0 N–H and O–H groups in total. The predicted molar refractivity (Wildman–Crippen MR) is 94.2 cm³/mol. The van der Waals surface area contributed by atoms with E-state index in [0.717, 1.165) is 21.1 Å². The van der Waals surface area contributed by atoms with Gasteiger partial charge in [0.1, 0.15) is 11.6 Å². The number of ether oxygens (including phenoxy) is 1. The Morgan fingerprint density at radius 3 is 2.61 bits per heavy atom. The Bertz CT molecular complexity index is 824. The smallest absolute Gasteiger partial charge is 0.316 e. The molecule has 0 saturated carbocycles. The Kier molecular flexibility index (Phi) is 5.25. The van der Waals surface area contributed by atoms with E-state index in [2.05, 4.69) is 25.9 Å². The van der Waals surface area contributed by atoms with Gasteiger partial charge < -0.3 is 4.74 Å². The number of thioether (sulfide) groups is 1. The number of hydrogen-bond donors (Lipinski definition) is 0. The number of halogens is 1. The highest BCUT2D eigenvalue weighted by atomic mass is 79.9. The number of carbonyl (C=O) groups excluding carboxylic acids is 1. The molecule has 1 heterocycles. The first-order chi connectivity index (χ1) is 11.2. The molecule has 4 nitrogen and oxygen atoms in total. The van der Waals surface area contributed by atoms with E-state index in [0.29, 0.717) is 5.03 Å². The summed E-state index contributed by atoms with van der Waals surface area (Å²) in [5.74, 6) is -0.0586. The monoisotopic (exact) mass is 388 g/mol. The number of benzene rings is 2. The maximum Gasteiger partial charge on any atom is 0.316 e. The SMILES string of the molecule is O=C(CSc1cnc2ccccc2n1)OCc1ccc(Br)cc1. The maximum atomic E-state index is 11.8. The molecule has 0 spiro atoms. The maximum absolute atomic E-state index is 11.8. The van der Waals surface area contributed by atoms with Crippen molar-refractivity contribution in [3.05, 3.63) is 64.8 Å². The molecule has 0 atom stereocenters. The number of nitrogens with zero attached hydrogens (tertiary/aromatic N) is 2. The van der Waals surface area contributed by atoms with E-state index in [1.165, 1.54) is 11.8 Å². The fourth-order valence-electron chi connectivity index (χ4n) is 1.93. The number of rotatable bonds is 5. The van der Waals surface area contributed by atoms with Crippen LogP contribution in [0.5, 0.6) is 0 Å². The Balaban J connectivity index is 1.52. The number of aromatic nitrogens is 2. The van der Waals surface area contributed by atoms with Crippen LogP contribution in [0.4, 0.5) is 0 Å². The average molecular weight is 389 g/mol. The second kappa shape index (κ2) is 7.57. The van der Waals surface area contributed by atoms with Crippen LogP contribution in [0.2, 0.25) is 0 Å². The lowest BCUT2D eigenvalue weighted by atomic mass is 10.2. The number of esters is 1. The summed E-state index contributed by atoms with van der Waals surface area (Å²) in [6, 6.07) is 15.3. The van der Waals surface area contributed by atoms with Gasteiger partial charge in [0.2, 0.25) is 0 Å². The van der Waals surface area contributed by atoms with Crippen LogP contribution in [-0.4, -0.2) is 21.7 Å². The van der Waals surface area contributed by atoms with Crippen molar-refractivity contribution < 1.29 is 9.53 Å². The first kappa shape index (κ1) is 16.0. The molecule has 0 saturated heterocycles. The molecule has 1 aromatic heterocycles. The molecule has 6 heteroatoms. The summed E-state index contributed by atoms with van der Waals surface area (Å²) in [4.78, 5) is 20.6. The first-order valence-electron chi connectivity index (χ1n) is 6.95. The highest BCUT2D eigenvalue weighted by Gasteiger charge is 2.07. The van der Waals surface area contributed by atoms with E-state index in [1.54, 1.807) is 6.20 Å². The molecule has 3 rings (SSSR count). The molecule has 116 valence electrons. The van der Waals surface area contributed by atoms with Crippen LogP contribution in [-0.2, 0) is 16.1 Å². The molecule has 0 aliphatic heterocycles. The first-order valence-corrected chi connectivity index (χ1v) is 8.73. The molecule has 3 aromatic rings. The third-order valence-electron chi connectivity index (χ3n) is 3.08. The second-order valence-corrected chi connectivity index (χ2v) is 6.68. The van der Waals surface area contributed by atoms with Crippen molar-refractivity contribution in [1.29, 1.82) is 0 Å². The lowest BCUT2D eigenvalue weighted by Crippen LogP contribution is -2.07. The molecular formula is C17H13BrN2O2S. The van der Waals surface area contributed by atoms with Crippen LogP contribution in [0.15, 0.2) is 64.2 Å². The second-order valence-electron chi connectivity index (χ2n) is 4.77. The van der Waals surface area contributed by atoms with E-state index in [4.69, 9.17) is 4.74 Å². The quantitative estimate of drug-likeness (QED) is 0.483. The van der Waals surface area contributed by atoms with E-state index in [1.807, 2.05) is 48.5 Å². The van der Waals surface area contributed by atoms with Gasteiger partial charge >= 0.3 is 5.97 Å². The molecule has 2 aromatic carbocycles. The van der Waals surface area contributed by atoms with Crippen molar-refractivity contribution in [2.75, 3.05) is 5.75 Å². The van der Waals surface area contributed by atoms with Gasteiger partial charge in [-0.05, 0) is 29.8 Å². The van der Waals surface area contributed by atoms with Gasteiger partial charge in [-0.15, -0.1) is 0 Å². The summed E-state index contributed by atoms with van der Waals surface area (Å²) in [6.07, 6.45) is 1.68. The summed E-state index contributed by atoms with van der Waals surface area (Å²) < 4.78 is 6.25. The summed E-state index contributed by atoms with van der Waals surface area (Å²) in [5, 5.41) is 0.712. The molecule has 23 heavy (non-hydrogen) atoms. The summed E-state index contributed by atoms with van der Waals surface area (Å²) in [6.45, 7) is 0.274. The van der Waals surface area contributed by atoms with Crippen molar-refractivity contribution in [2.45, 2.75) is 11.6 Å². The minimum Gasteiger partial charge on any atom is -0.460 e. The number of carbonyl (C=O) groups is 1. The molecule has 0 radical (unpaired) electrons. The van der Waals surface area contributed by atoms with Crippen molar-refractivity contribution in [3.63, 3.8) is 0 Å². The van der Waals surface area contributed by atoms with Gasteiger partial charge in [-0.2, -0.15) is 0 Å². The molecule has 0 bridgehead atoms. The van der Waals surface area contributed by atoms with Crippen molar-refractivity contribution in [2.24, 2.45) is 0 Å². The summed E-state index contributed by atoms with van der Waals surface area (Å²) in [5.41, 5.74) is 2.62. The fourth-order valence-corrected chi connectivity index (χ4v) is 2.83. The number of fused-ring (bicyclic) bond motifs is 1. The highest BCUT2D eigenvalue weighted by Crippen LogP contribution is 2.18. The Morgan fingerprint density at radius 1 is 1.09 bits per heavy atom. The van der Waals surface area contributed by atoms with Crippen LogP contribution < -0.4 is 0 Å². The minimum atomic E-state index is -0.270. The lowest BCUT2D eigenvalue weighted by molar-refractivity contribution is -0.141. The molecule has 0 amide bonds. The van der Waals surface area contributed by atoms with Gasteiger partial charge in [-0.3, -0.25) is 9.78 Å². The van der Waals surface area contributed by atoms with Gasteiger partial charge in [0.25, 0.3) is 0 Å². The average Bonchev–Trinajstić information content (AvgIpc) is 2.59. The van der Waals surface area contributed by atoms with Crippen molar-refractivity contribution in [3.8, 4) is 0 Å². The highest BCUT2D eigenvalue weighted by molar-refractivity contribution is 9.10. The van der Waals surface area contributed by atoms with Gasteiger partial charge in [-0.25, -0.2) is 4.98 Å². The standard InChI is InChI=1S/C17H13BrN2O2S/c18-13-7-5-12(6-8-13)10-22-17(21)11-23-16-9-19-14-3-1-2-4-15(14)20-16/h1-9H,10-11H2. The molecule has 0 aliphatic rings. The van der Waals surface area contributed by atoms with Crippen LogP contribution in [0.25, 0.3) is 11.0 Å².